The van der Waals surface area contributed by atoms with Gasteiger partial charge in [-0.15, -0.1) is 0 Å². The Morgan fingerprint density at radius 1 is 1.12 bits per heavy atom. The third kappa shape index (κ3) is 4.23. The van der Waals surface area contributed by atoms with Gasteiger partial charge in [-0.25, -0.2) is 9.79 Å². The van der Waals surface area contributed by atoms with E-state index in [1.54, 1.807) is 18.6 Å². The number of benzene rings is 2. The minimum absolute atomic E-state index is 0.199. The van der Waals surface area contributed by atoms with E-state index in [1.165, 1.54) is 24.0 Å². The number of thiazole rings is 1. The van der Waals surface area contributed by atoms with Gasteiger partial charge in [0.25, 0.3) is 5.56 Å². The summed E-state index contributed by atoms with van der Waals surface area (Å²) in [7, 11) is 2.97. The molecule has 0 radical (unpaired) electrons. The fourth-order valence-corrected chi connectivity index (χ4v) is 5.20. The Balaban J connectivity index is 1.93. The van der Waals surface area contributed by atoms with Crippen molar-refractivity contribution in [2.24, 2.45) is 4.99 Å². The number of ether oxygens (including phenoxy) is 2. The lowest BCUT2D eigenvalue weighted by Gasteiger charge is -2.24. The summed E-state index contributed by atoms with van der Waals surface area (Å²) in [5, 5.41) is 0. The van der Waals surface area contributed by atoms with E-state index in [-0.39, 0.29) is 5.56 Å². The maximum atomic E-state index is 13.6. The summed E-state index contributed by atoms with van der Waals surface area (Å²) in [5.41, 5.74) is 4.62. The summed E-state index contributed by atoms with van der Waals surface area (Å²) < 4.78 is 12.6. The number of rotatable bonds is 5. The molecule has 7 heteroatoms. The van der Waals surface area contributed by atoms with Crippen LogP contribution in [-0.2, 0) is 9.53 Å². The Hall–Kier alpha value is -3.45. The molecule has 1 aliphatic heterocycles. The highest BCUT2D eigenvalue weighted by Gasteiger charge is 2.33. The van der Waals surface area contributed by atoms with Gasteiger partial charge in [0.1, 0.15) is 5.75 Å². The standard InChI is InChI=1S/C27H28N2O4S/c1-15(2)19-9-11-20(12-10-19)24-23(26(31)33-6)17(4)28-27-29(24)25(30)22(34-27)14-18-8-7-16(3)21(13-18)32-5/h7-15,24H,1-6H3/b22-14-. The molecule has 1 aliphatic rings. The molecule has 6 nitrogen and oxygen atoms in total. The zero-order valence-electron chi connectivity index (χ0n) is 20.2. The van der Waals surface area contributed by atoms with Crippen molar-refractivity contribution in [1.82, 2.24) is 4.57 Å². The number of fused-ring (bicyclic) bond motifs is 1. The van der Waals surface area contributed by atoms with E-state index >= 15 is 0 Å². The topological polar surface area (TPSA) is 69.9 Å². The SMILES string of the molecule is COC(=O)C1=C(C)N=c2s/c(=C\c3ccc(C)c(OC)c3)c(=O)n2C1c1ccc(C(C)C)cc1. The molecule has 1 unspecified atom stereocenters. The smallest absolute Gasteiger partial charge is 0.338 e. The molecule has 2 heterocycles. The molecule has 0 bridgehead atoms. The molecule has 0 aliphatic carbocycles. The summed E-state index contributed by atoms with van der Waals surface area (Å²) in [6.45, 7) is 8.01. The second kappa shape index (κ2) is 9.43. The molecule has 1 aromatic heterocycles. The van der Waals surface area contributed by atoms with Gasteiger partial charge in [-0.3, -0.25) is 9.36 Å². The van der Waals surface area contributed by atoms with Crippen LogP contribution >= 0.6 is 11.3 Å². The van der Waals surface area contributed by atoms with Gasteiger partial charge in [0.2, 0.25) is 0 Å². The molecule has 0 N–H and O–H groups in total. The second-order valence-corrected chi connectivity index (χ2v) is 9.63. The van der Waals surface area contributed by atoms with Gasteiger partial charge in [-0.05, 0) is 54.2 Å². The molecule has 1 atom stereocenters. The van der Waals surface area contributed by atoms with E-state index in [2.05, 4.69) is 18.8 Å². The lowest BCUT2D eigenvalue weighted by molar-refractivity contribution is -0.136. The van der Waals surface area contributed by atoms with Crippen molar-refractivity contribution in [1.29, 1.82) is 0 Å². The Morgan fingerprint density at radius 3 is 2.44 bits per heavy atom. The highest BCUT2D eigenvalue weighted by Crippen LogP contribution is 2.31. The molecule has 0 saturated carbocycles. The first kappa shape index (κ1) is 23.7. The minimum atomic E-state index is -0.611. The normalized spacial score (nSPS) is 15.9. The largest absolute Gasteiger partial charge is 0.496 e. The fraction of sp³-hybridized carbons (Fsp3) is 0.296. The van der Waals surface area contributed by atoms with Crippen LogP contribution < -0.4 is 19.6 Å². The Morgan fingerprint density at radius 2 is 1.82 bits per heavy atom. The van der Waals surface area contributed by atoms with Crippen molar-refractivity contribution in [3.8, 4) is 5.75 Å². The Bertz CT molecular complexity index is 1460. The van der Waals surface area contributed by atoms with Gasteiger partial charge in [0, 0.05) is 0 Å². The van der Waals surface area contributed by atoms with Gasteiger partial charge in [0.15, 0.2) is 4.80 Å². The number of hydrogen-bond donors (Lipinski definition) is 0. The molecule has 0 spiro atoms. The number of esters is 1. The highest BCUT2D eigenvalue weighted by molar-refractivity contribution is 7.07. The number of aryl methyl sites for hydroxylation is 1. The van der Waals surface area contributed by atoms with Crippen molar-refractivity contribution in [2.75, 3.05) is 14.2 Å². The quantitative estimate of drug-likeness (QED) is 0.525. The number of hydrogen-bond acceptors (Lipinski definition) is 6. The number of nitrogens with zero attached hydrogens (tertiary/aromatic N) is 2. The minimum Gasteiger partial charge on any atom is -0.496 e. The first-order valence-corrected chi connectivity index (χ1v) is 11.9. The molecule has 34 heavy (non-hydrogen) atoms. The van der Waals surface area contributed by atoms with Crippen LogP contribution in [0, 0.1) is 6.92 Å². The molecule has 0 saturated heterocycles. The average Bonchev–Trinajstić information content (AvgIpc) is 3.13. The van der Waals surface area contributed by atoms with E-state index in [0.717, 1.165) is 22.4 Å². The predicted molar refractivity (Wildman–Crippen MR) is 134 cm³/mol. The van der Waals surface area contributed by atoms with E-state index in [1.807, 2.05) is 55.5 Å². The molecule has 2 aromatic carbocycles. The van der Waals surface area contributed by atoms with Crippen LogP contribution in [0.4, 0.5) is 0 Å². The van der Waals surface area contributed by atoms with Crippen molar-refractivity contribution < 1.29 is 14.3 Å². The number of allylic oxidation sites excluding steroid dienone is 1. The first-order chi connectivity index (χ1) is 16.2. The van der Waals surface area contributed by atoms with Gasteiger partial charge in [0.05, 0.1) is 36.1 Å². The van der Waals surface area contributed by atoms with E-state index < -0.39 is 12.0 Å². The van der Waals surface area contributed by atoms with Gasteiger partial charge in [-0.1, -0.05) is 61.6 Å². The zero-order chi connectivity index (χ0) is 24.6. The zero-order valence-corrected chi connectivity index (χ0v) is 21.0. The Labute approximate surface area is 202 Å². The van der Waals surface area contributed by atoms with Crippen molar-refractivity contribution in [3.63, 3.8) is 0 Å². The van der Waals surface area contributed by atoms with Gasteiger partial charge in [-0.2, -0.15) is 0 Å². The summed E-state index contributed by atoms with van der Waals surface area (Å²) in [5.74, 6) is 0.644. The van der Waals surface area contributed by atoms with Crippen LogP contribution in [0.25, 0.3) is 6.08 Å². The van der Waals surface area contributed by atoms with Crippen LogP contribution in [0.5, 0.6) is 5.75 Å². The number of methoxy groups -OCH3 is 2. The van der Waals surface area contributed by atoms with Crippen molar-refractivity contribution in [3.05, 3.63) is 95.7 Å². The van der Waals surface area contributed by atoms with Crippen LogP contribution in [0.1, 0.15) is 55.0 Å². The summed E-state index contributed by atoms with van der Waals surface area (Å²) in [6.07, 6.45) is 1.84. The number of carbonyl (C=O) groups excluding carboxylic acids is 1. The third-order valence-corrected chi connectivity index (χ3v) is 7.06. The van der Waals surface area contributed by atoms with Gasteiger partial charge < -0.3 is 9.47 Å². The predicted octanol–water partition coefficient (Wildman–Crippen LogP) is 3.85. The molecule has 3 aromatic rings. The maximum Gasteiger partial charge on any atom is 0.338 e. The Kier molecular flexibility index (Phi) is 6.57. The van der Waals surface area contributed by atoms with Crippen LogP contribution in [0.3, 0.4) is 0 Å². The highest BCUT2D eigenvalue weighted by atomic mass is 32.1. The average molecular weight is 477 g/mol. The molecule has 0 fully saturated rings. The molecule has 4 rings (SSSR count). The summed E-state index contributed by atoms with van der Waals surface area (Å²) in [6, 6.07) is 13.2. The van der Waals surface area contributed by atoms with Crippen molar-refractivity contribution >= 4 is 23.4 Å². The maximum absolute atomic E-state index is 13.6. The number of aromatic nitrogens is 1. The lowest BCUT2D eigenvalue weighted by atomic mass is 9.93. The monoisotopic (exact) mass is 476 g/mol. The summed E-state index contributed by atoms with van der Waals surface area (Å²) in [4.78, 5) is 31.6. The van der Waals surface area contributed by atoms with Crippen LogP contribution in [-0.4, -0.2) is 24.8 Å². The second-order valence-electron chi connectivity index (χ2n) is 8.62. The van der Waals surface area contributed by atoms with Crippen molar-refractivity contribution in [2.45, 2.75) is 39.7 Å². The van der Waals surface area contributed by atoms with Gasteiger partial charge >= 0.3 is 5.97 Å². The molecular formula is C27H28N2O4S. The number of carbonyl (C=O) groups is 1. The fourth-order valence-electron chi connectivity index (χ4n) is 4.15. The lowest BCUT2D eigenvalue weighted by Crippen LogP contribution is -2.39. The molecule has 0 amide bonds. The van der Waals surface area contributed by atoms with Crippen LogP contribution in [0.15, 0.2) is 63.5 Å². The molecular weight excluding hydrogens is 448 g/mol. The van der Waals surface area contributed by atoms with E-state index in [4.69, 9.17) is 9.47 Å². The first-order valence-electron chi connectivity index (χ1n) is 11.1. The van der Waals surface area contributed by atoms with E-state index in [9.17, 15) is 9.59 Å². The molecule has 176 valence electrons. The van der Waals surface area contributed by atoms with E-state index in [0.29, 0.717) is 26.5 Å². The summed E-state index contributed by atoms with van der Waals surface area (Å²) >= 11 is 1.31. The van der Waals surface area contributed by atoms with Crippen LogP contribution in [0.2, 0.25) is 0 Å². The third-order valence-electron chi connectivity index (χ3n) is 6.08.